The van der Waals surface area contributed by atoms with Gasteiger partial charge >= 0.3 is 0 Å². The molecule has 3 heteroatoms. The fourth-order valence-electron chi connectivity index (χ4n) is 4.44. The average molecular weight is 432 g/mol. The first-order chi connectivity index (χ1) is 12.7. The Morgan fingerprint density at radius 1 is 1.11 bits per heavy atom. The quantitative estimate of drug-likeness (QED) is 0.356. The van der Waals surface area contributed by atoms with Gasteiger partial charge in [0.05, 0.1) is 5.78 Å². The molecule has 1 heterocycles. The predicted molar refractivity (Wildman–Crippen MR) is 107 cm³/mol. The van der Waals surface area contributed by atoms with E-state index in [1.165, 1.54) is 54.3 Å². The number of hydrogen-bond donors (Lipinski definition) is 0. The fraction of sp³-hybridized carbons (Fsp3) is 0.333. The second kappa shape index (κ2) is 8.84. The second-order valence-corrected chi connectivity index (χ2v) is 7.31. The van der Waals surface area contributed by atoms with Crippen LogP contribution in [0.25, 0.3) is 22.2 Å². The van der Waals surface area contributed by atoms with E-state index in [0.29, 0.717) is 18.0 Å². The molecule has 137 valence electrons. The van der Waals surface area contributed by atoms with Crippen molar-refractivity contribution in [2.75, 3.05) is 0 Å². The first-order valence-corrected chi connectivity index (χ1v) is 9.64. The number of carbonyl (C=O) groups excluding carboxylic acids is 1. The van der Waals surface area contributed by atoms with Crippen LogP contribution in [0.2, 0.25) is 0 Å². The number of nitrogens with zero attached hydrogens (tertiary/aromatic N) is 1. The van der Waals surface area contributed by atoms with Crippen molar-refractivity contribution in [3.8, 4) is 11.3 Å². The molecule has 0 atom stereocenters. The number of fused-ring (bicyclic) bond motifs is 1. The summed E-state index contributed by atoms with van der Waals surface area (Å²) in [6.07, 6.45) is 6.41. The van der Waals surface area contributed by atoms with E-state index in [-0.39, 0.29) is 38.5 Å². The van der Waals surface area contributed by atoms with E-state index in [2.05, 4.69) is 54.0 Å². The average Bonchev–Trinajstić information content (AvgIpc) is 3.02. The number of carbonyl (C=O) groups is 1. The molecule has 1 aliphatic rings. The van der Waals surface area contributed by atoms with E-state index >= 15 is 0 Å². The van der Waals surface area contributed by atoms with Gasteiger partial charge in [0.15, 0.2) is 0 Å². The van der Waals surface area contributed by atoms with Gasteiger partial charge in [0.25, 0.3) is 0 Å². The monoisotopic (exact) mass is 432 g/mol. The largest absolute Gasteiger partial charge is 0.388 e. The Labute approximate surface area is 187 Å². The minimum Gasteiger partial charge on any atom is -0.388 e. The number of aromatic nitrogens is 1. The van der Waals surface area contributed by atoms with Crippen molar-refractivity contribution >= 4 is 16.7 Å². The van der Waals surface area contributed by atoms with Crippen molar-refractivity contribution in [3.63, 3.8) is 0 Å². The summed E-state index contributed by atoms with van der Waals surface area (Å²) in [5, 5.41) is 1.24. The van der Waals surface area contributed by atoms with E-state index in [1.807, 2.05) is 6.07 Å². The zero-order valence-electron chi connectivity index (χ0n) is 16.0. The summed E-state index contributed by atoms with van der Waals surface area (Å²) >= 11 is 0. The molecule has 27 heavy (non-hydrogen) atoms. The SMILES string of the molecule is [CH2-]Cn1c(-c2ccccc2)c(C2CCCCC2)c2ccc(C(C)=O)[c-]c21.[Y]. The number of rotatable bonds is 4. The minimum atomic E-state index is 0. The van der Waals surface area contributed by atoms with Gasteiger partial charge in [-0.05, 0) is 36.8 Å². The molecule has 1 fully saturated rings. The molecule has 2 aromatic carbocycles. The molecular formula is C24H25NOY-2. The summed E-state index contributed by atoms with van der Waals surface area (Å²) in [6, 6.07) is 18.0. The maximum absolute atomic E-state index is 11.9. The first-order valence-electron chi connectivity index (χ1n) is 9.64. The van der Waals surface area contributed by atoms with Gasteiger partial charge in [-0.25, -0.2) is 0 Å². The number of Topliss-reactive ketones (excluding diaryl/α,β-unsaturated/α-hetero) is 1. The van der Waals surface area contributed by atoms with Gasteiger partial charge in [0.2, 0.25) is 0 Å². The Morgan fingerprint density at radius 3 is 2.44 bits per heavy atom. The minimum absolute atomic E-state index is 0. The molecule has 0 bridgehead atoms. The molecule has 1 radical (unpaired) electrons. The van der Waals surface area contributed by atoms with Gasteiger partial charge < -0.3 is 16.3 Å². The van der Waals surface area contributed by atoms with E-state index in [0.717, 1.165) is 5.52 Å². The van der Waals surface area contributed by atoms with Crippen LogP contribution in [0, 0.1) is 13.0 Å². The molecule has 1 saturated carbocycles. The Morgan fingerprint density at radius 2 is 1.81 bits per heavy atom. The normalized spacial score (nSPS) is 14.9. The topological polar surface area (TPSA) is 22.0 Å². The second-order valence-electron chi connectivity index (χ2n) is 7.31. The van der Waals surface area contributed by atoms with E-state index in [4.69, 9.17) is 0 Å². The molecule has 0 aliphatic heterocycles. The summed E-state index contributed by atoms with van der Waals surface area (Å²) in [4.78, 5) is 11.9. The predicted octanol–water partition coefficient (Wildman–Crippen LogP) is 6.19. The fourth-order valence-corrected chi connectivity index (χ4v) is 4.44. The van der Waals surface area contributed by atoms with Crippen molar-refractivity contribution in [1.29, 1.82) is 0 Å². The Bertz CT molecular complexity index is 936. The Kier molecular flexibility index (Phi) is 6.71. The van der Waals surface area contributed by atoms with Crippen LogP contribution >= 0.6 is 0 Å². The number of benzene rings is 2. The Hall–Kier alpha value is -1.25. The third-order valence-corrected chi connectivity index (χ3v) is 5.67. The molecule has 2 nitrogen and oxygen atoms in total. The standard InChI is InChI=1S/C24H25NO.Y/c1-3-25-22-16-20(17(2)26)14-15-21(22)23(18-10-6-4-7-11-18)24(25)19-12-8-5-9-13-19;/h5,8-9,12-15,18H,1,3-4,6-7,10-11H2,2H3;/q-2;. The smallest absolute Gasteiger partial charge is 0.0756 e. The summed E-state index contributed by atoms with van der Waals surface area (Å²) in [7, 11) is 0. The van der Waals surface area contributed by atoms with Gasteiger partial charge in [-0.1, -0.05) is 60.5 Å². The summed E-state index contributed by atoms with van der Waals surface area (Å²) < 4.78 is 2.25. The zero-order valence-corrected chi connectivity index (χ0v) is 18.8. The number of ketones is 1. The molecule has 0 N–H and O–H groups in total. The molecule has 4 rings (SSSR count). The molecule has 0 unspecified atom stereocenters. The van der Waals surface area contributed by atoms with Crippen molar-refractivity contribution in [1.82, 2.24) is 4.57 Å². The van der Waals surface area contributed by atoms with Crippen LogP contribution in [-0.4, -0.2) is 10.4 Å². The van der Waals surface area contributed by atoms with Gasteiger partial charge in [-0.2, -0.15) is 0 Å². The Balaban J connectivity index is 0.00000210. The van der Waals surface area contributed by atoms with E-state index in [9.17, 15) is 4.79 Å². The van der Waals surface area contributed by atoms with Crippen molar-refractivity contribution in [3.05, 3.63) is 66.6 Å². The molecule has 0 saturated heterocycles. The first kappa shape index (κ1) is 20.5. The molecular weight excluding hydrogens is 407 g/mol. The van der Waals surface area contributed by atoms with E-state index in [1.54, 1.807) is 6.92 Å². The van der Waals surface area contributed by atoms with Crippen molar-refractivity contribution < 1.29 is 37.5 Å². The third kappa shape index (κ3) is 3.84. The summed E-state index contributed by atoms with van der Waals surface area (Å²) in [5.41, 5.74) is 5.60. The molecule has 0 spiro atoms. The maximum atomic E-state index is 11.9. The molecule has 1 aromatic heterocycles. The van der Waals surface area contributed by atoms with Crippen LogP contribution in [0.5, 0.6) is 0 Å². The van der Waals surface area contributed by atoms with Crippen LogP contribution in [0.15, 0.2) is 42.5 Å². The third-order valence-electron chi connectivity index (χ3n) is 5.67. The summed E-state index contributed by atoms with van der Waals surface area (Å²) in [5.74, 6) is 0.634. The maximum Gasteiger partial charge on any atom is 0.0756 e. The van der Waals surface area contributed by atoms with Gasteiger partial charge in [0, 0.05) is 38.4 Å². The van der Waals surface area contributed by atoms with Gasteiger partial charge in [0.1, 0.15) is 0 Å². The van der Waals surface area contributed by atoms with Gasteiger partial charge in [-0.15, -0.1) is 30.3 Å². The van der Waals surface area contributed by atoms with E-state index < -0.39 is 0 Å². The van der Waals surface area contributed by atoms with Crippen LogP contribution in [0.1, 0.15) is 60.9 Å². The van der Waals surface area contributed by atoms with Crippen LogP contribution in [0.4, 0.5) is 0 Å². The van der Waals surface area contributed by atoms with Gasteiger partial charge in [-0.3, -0.25) is 0 Å². The summed E-state index contributed by atoms with van der Waals surface area (Å²) in [6.45, 7) is 6.42. The zero-order chi connectivity index (χ0) is 18.1. The van der Waals surface area contributed by atoms with Crippen LogP contribution in [0.3, 0.4) is 0 Å². The van der Waals surface area contributed by atoms with Crippen LogP contribution < -0.4 is 0 Å². The molecule has 0 amide bonds. The van der Waals surface area contributed by atoms with Crippen molar-refractivity contribution in [2.24, 2.45) is 0 Å². The molecule has 3 aromatic rings. The van der Waals surface area contributed by atoms with Crippen molar-refractivity contribution in [2.45, 2.75) is 51.5 Å². The number of hydrogen-bond acceptors (Lipinski definition) is 1. The van der Waals surface area contributed by atoms with Crippen LogP contribution in [-0.2, 0) is 39.3 Å². The molecule has 1 aliphatic carbocycles.